The van der Waals surface area contributed by atoms with Gasteiger partial charge in [-0.15, -0.1) is 0 Å². The topological polar surface area (TPSA) is 58.9 Å². The molecule has 0 bridgehead atoms. The lowest BCUT2D eigenvalue weighted by Crippen LogP contribution is -1.84. The molecular weight excluding hydrogens is 300 g/mol. The molecule has 0 unspecified atom stereocenters. The lowest BCUT2D eigenvalue weighted by molar-refractivity contribution is 0.533. The first-order valence-electron chi connectivity index (χ1n) is 9.67. The van der Waals surface area contributed by atoms with E-state index < -0.39 is 0 Å². The van der Waals surface area contributed by atoms with E-state index in [9.17, 15) is 9.59 Å². The number of carbonyl (C=O) groups excluding carboxylic acids is 2. The molecule has 0 aliphatic heterocycles. The lowest BCUT2D eigenvalue weighted by Gasteiger charge is -2.03. The van der Waals surface area contributed by atoms with E-state index in [1.807, 2.05) is 6.08 Å². The molecule has 0 heterocycles. The van der Waals surface area contributed by atoms with Crippen LogP contribution in [0.2, 0.25) is 0 Å². The molecule has 0 spiro atoms. The number of isocyanates is 2. The Bertz CT molecular complexity index is 381. The van der Waals surface area contributed by atoms with Crippen LogP contribution < -0.4 is 0 Å². The molecule has 0 aromatic rings. The molecule has 0 saturated heterocycles. The number of rotatable bonds is 18. The number of allylic oxidation sites excluding steroid dienone is 1. The zero-order chi connectivity index (χ0) is 17.6. The van der Waals surface area contributed by atoms with E-state index in [2.05, 4.69) is 9.98 Å². The fraction of sp³-hybridized carbons (Fsp3) is 0.800. The summed E-state index contributed by atoms with van der Waals surface area (Å²) in [6.45, 7) is 0.648. The number of unbranched alkanes of at least 4 members (excludes halogenated alkanes) is 14. The highest BCUT2D eigenvalue weighted by Gasteiger charge is 1.94. The summed E-state index contributed by atoms with van der Waals surface area (Å²) >= 11 is 0. The van der Waals surface area contributed by atoms with E-state index >= 15 is 0 Å². The Morgan fingerprint density at radius 3 is 1.50 bits per heavy atom. The fourth-order valence-electron chi connectivity index (χ4n) is 2.78. The van der Waals surface area contributed by atoms with Crippen molar-refractivity contribution in [3.8, 4) is 0 Å². The largest absolute Gasteiger partial charge is 0.239 e. The lowest BCUT2D eigenvalue weighted by atomic mass is 10.0. The molecule has 24 heavy (non-hydrogen) atoms. The van der Waals surface area contributed by atoms with E-state index in [0.717, 1.165) is 12.8 Å². The number of nitrogens with zero attached hydrogens (tertiary/aromatic N) is 2. The molecule has 0 fully saturated rings. The van der Waals surface area contributed by atoms with E-state index in [1.165, 1.54) is 95.8 Å². The Morgan fingerprint density at radius 1 is 0.583 bits per heavy atom. The summed E-state index contributed by atoms with van der Waals surface area (Å²) in [5.41, 5.74) is 0. The Kier molecular flexibility index (Phi) is 20.2. The van der Waals surface area contributed by atoms with E-state index in [4.69, 9.17) is 0 Å². The summed E-state index contributed by atoms with van der Waals surface area (Å²) in [6.07, 6.45) is 25.7. The highest BCUT2D eigenvalue weighted by molar-refractivity contribution is 5.34. The average molecular weight is 335 g/mol. The summed E-state index contributed by atoms with van der Waals surface area (Å²) in [5, 5.41) is 0. The molecule has 0 saturated carbocycles. The maximum Gasteiger partial charge on any atom is 0.239 e. The fourth-order valence-corrected chi connectivity index (χ4v) is 2.78. The van der Waals surface area contributed by atoms with Crippen LogP contribution in [0.3, 0.4) is 0 Å². The molecule has 0 rings (SSSR count). The summed E-state index contributed by atoms with van der Waals surface area (Å²) in [4.78, 5) is 26.7. The summed E-state index contributed by atoms with van der Waals surface area (Å²) in [6, 6.07) is 0. The number of aliphatic imine (C=N–C) groups is 2. The molecule has 4 nitrogen and oxygen atoms in total. The second kappa shape index (κ2) is 21.5. The maximum atomic E-state index is 9.89. The van der Waals surface area contributed by atoms with Crippen molar-refractivity contribution >= 4 is 12.2 Å². The van der Waals surface area contributed by atoms with Crippen molar-refractivity contribution in [1.82, 2.24) is 0 Å². The van der Waals surface area contributed by atoms with Gasteiger partial charge >= 0.3 is 0 Å². The maximum absolute atomic E-state index is 9.89. The molecule has 0 aromatic heterocycles. The number of hydrogen-bond donors (Lipinski definition) is 0. The first kappa shape index (κ1) is 22.5. The molecule has 0 amide bonds. The van der Waals surface area contributed by atoms with Crippen LogP contribution in [0.1, 0.15) is 96.3 Å². The van der Waals surface area contributed by atoms with E-state index in [1.54, 1.807) is 6.08 Å². The SMILES string of the molecule is O=C=NC=CCCCCCCCCCCCCCCCCN=C=O. The molecule has 0 aliphatic rings. The zero-order valence-corrected chi connectivity index (χ0v) is 15.2. The van der Waals surface area contributed by atoms with Crippen LogP contribution in [0.25, 0.3) is 0 Å². The van der Waals surface area contributed by atoms with Crippen LogP contribution >= 0.6 is 0 Å². The Labute approximate surface area is 147 Å². The minimum absolute atomic E-state index is 0.648. The van der Waals surface area contributed by atoms with Gasteiger partial charge in [0.2, 0.25) is 12.2 Å². The van der Waals surface area contributed by atoms with Crippen molar-refractivity contribution in [2.75, 3.05) is 6.54 Å². The van der Waals surface area contributed by atoms with Crippen LogP contribution in [0.4, 0.5) is 0 Å². The molecule has 136 valence electrons. The molecule has 0 aromatic carbocycles. The van der Waals surface area contributed by atoms with Crippen molar-refractivity contribution in [2.24, 2.45) is 9.98 Å². The van der Waals surface area contributed by atoms with Gasteiger partial charge in [0, 0.05) is 6.20 Å². The Morgan fingerprint density at radius 2 is 1.04 bits per heavy atom. The molecule has 0 atom stereocenters. The van der Waals surface area contributed by atoms with Gasteiger partial charge in [0.15, 0.2) is 0 Å². The van der Waals surface area contributed by atoms with Crippen molar-refractivity contribution in [3.05, 3.63) is 12.3 Å². The van der Waals surface area contributed by atoms with Crippen LogP contribution in [-0.2, 0) is 9.59 Å². The summed E-state index contributed by atoms with van der Waals surface area (Å²) in [7, 11) is 0. The van der Waals surface area contributed by atoms with E-state index in [0.29, 0.717) is 6.54 Å². The molecular formula is C20H34N2O2. The number of hydrogen-bond acceptors (Lipinski definition) is 4. The first-order valence-corrected chi connectivity index (χ1v) is 9.67. The van der Waals surface area contributed by atoms with Gasteiger partial charge in [0.25, 0.3) is 0 Å². The van der Waals surface area contributed by atoms with Crippen molar-refractivity contribution in [1.29, 1.82) is 0 Å². The molecule has 4 heteroatoms. The quantitative estimate of drug-likeness (QED) is 0.175. The third-order valence-electron chi connectivity index (χ3n) is 4.19. The first-order chi connectivity index (χ1) is 11.9. The van der Waals surface area contributed by atoms with Gasteiger partial charge in [-0.2, -0.15) is 4.99 Å². The minimum atomic E-state index is 0.648. The van der Waals surface area contributed by atoms with Crippen LogP contribution in [0.5, 0.6) is 0 Å². The van der Waals surface area contributed by atoms with E-state index in [-0.39, 0.29) is 0 Å². The normalized spacial score (nSPS) is 10.5. The summed E-state index contributed by atoms with van der Waals surface area (Å²) < 4.78 is 0. The van der Waals surface area contributed by atoms with Gasteiger partial charge in [-0.1, -0.05) is 83.1 Å². The predicted octanol–water partition coefficient (Wildman–Crippen LogP) is 6.02. The smallest absolute Gasteiger partial charge is 0.211 e. The van der Waals surface area contributed by atoms with Gasteiger partial charge in [-0.3, -0.25) is 0 Å². The van der Waals surface area contributed by atoms with Gasteiger partial charge in [-0.25, -0.2) is 14.6 Å². The van der Waals surface area contributed by atoms with Crippen molar-refractivity contribution < 1.29 is 9.59 Å². The van der Waals surface area contributed by atoms with Crippen LogP contribution in [0, 0.1) is 0 Å². The third kappa shape index (κ3) is 20.5. The second-order valence-corrected chi connectivity index (χ2v) is 6.32. The summed E-state index contributed by atoms with van der Waals surface area (Å²) in [5.74, 6) is 0. The molecule has 0 radical (unpaired) electrons. The Balaban J connectivity index is 3.05. The van der Waals surface area contributed by atoms with Crippen molar-refractivity contribution in [3.63, 3.8) is 0 Å². The highest BCUT2D eigenvalue weighted by atomic mass is 16.1. The monoisotopic (exact) mass is 334 g/mol. The highest BCUT2D eigenvalue weighted by Crippen LogP contribution is 2.13. The standard InChI is InChI=1S/C20H34N2O2/c23-19-21-17-15-13-11-9-7-5-3-1-2-4-6-8-10-12-14-16-18-22-20-24/h15,17H,1-14,16,18H2. The Hall–Kier alpha value is -1.50. The third-order valence-corrected chi connectivity index (χ3v) is 4.19. The van der Waals surface area contributed by atoms with Crippen LogP contribution in [-0.4, -0.2) is 18.7 Å². The minimum Gasteiger partial charge on any atom is -0.211 e. The average Bonchev–Trinajstić information content (AvgIpc) is 2.60. The van der Waals surface area contributed by atoms with Gasteiger partial charge in [0.1, 0.15) is 0 Å². The predicted molar refractivity (Wildman–Crippen MR) is 99.5 cm³/mol. The second-order valence-electron chi connectivity index (χ2n) is 6.32. The van der Waals surface area contributed by atoms with Gasteiger partial charge in [0.05, 0.1) is 6.54 Å². The van der Waals surface area contributed by atoms with Crippen molar-refractivity contribution in [2.45, 2.75) is 96.3 Å². The molecule has 0 N–H and O–H groups in total. The molecule has 0 aliphatic carbocycles. The van der Waals surface area contributed by atoms with Gasteiger partial charge in [-0.05, 0) is 19.3 Å². The zero-order valence-electron chi connectivity index (χ0n) is 15.2. The van der Waals surface area contributed by atoms with Crippen LogP contribution in [0.15, 0.2) is 22.3 Å². The van der Waals surface area contributed by atoms with Gasteiger partial charge < -0.3 is 0 Å².